The van der Waals surface area contributed by atoms with Crippen LogP contribution in [0.1, 0.15) is 5.56 Å². The minimum absolute atomic E-state index is 0.167. The van der Waals surface area contributed by atoms with E-state index in [-0.39, 0.29) is 5.75 Å². The largest absolute Gasteiger partial charge is 0.508 e. The molecule has 1 radical (unpaired) electrons. The van der Waals surface area contributed by atoms with Crippen LogP contribution >= 0.6 is 0 Å². The third-order valence-corrected chi connectivity index (χ3v) is 2.00. The average Bonchev–Trinajstić information content (AvgIpc) is 2.28. The highest BCUT2D eigenvalue weighted by atomic mass is 16.5. The summed E-state index contributed by atoms with van der Waals surface area (Å²) in [6.45, 7) is 0.498. The monoisotopic (exact) mass is 199 g/mol. The first-order chi connectivity index (χ1) is 7.34. The fraction of sp³-hybridized carbons (Fsp3) is 0.0769. The molecule has 0 unspecified atom stereocenters. The SMILES string of the molecule is Oc1c[c]cc(OCc2ccccc2)c1. The lowest BCUT2D eigenvalue weighted by Crippen LogP contribution is -1.94. The Morgan fingerprint density at radius 3 is 2.67 bits per heavy atom. The molecule has 2 rings (SSSR count). The molecule has 0 fully saturated rings. The van der Waals surface area contributed by atoms with Crippen LogP contribution in [0, 0.1) is 6.07 Å². The number of aromatic hydroxyl groups is 1. The summed E-state index contributed by atoms with van der Waals surface area (Å²) in [6, 6.07) is 17.4. The second-order valence-corrected chi connectivity index (χ2v) is 3.20. The number of rotatable bonds is 3. The van der Waals surface area contributed by atoms with Gasteiger partial charge in [0.15, 0.2) is 0 Å². The molecule has 2 aromatic rings. The van der Waals surface area contributed by atoms with E-state index >= 15 is 0 Å². The van der Waals surface area contributed by atoms with Gasteiger partial charge in [-0.2, -0.15) is 0 Å². The van der Waals surface area contributed by atoms with Crippen molar-refractivity contribution in [3.05, 3.63) is 60.2 Å². The summed E-state index contributed by atoms with van der Waals surface area (Å²) in [7, 11) is 0. The van der Waals surface area contributed by atoms with Gasteiger partial charge in [0.1, 0.15) is 18.1 Å². The molecule has 2 aromatic carbocycles. The van der Waals surface area contributed by atoms with Crippen LogP contribution in [-0.2, 0) is 6.61 Å². The number of benzene rings is 2. The molecule has 2 nitrogen and oxygen atoms in total. The molecular formula is C13H11O2. The van der Waals surface area contributed by atoms with Crippen molar-refractivity contribution in [1.82, 2.24) is 0 Å². The first-order valence-electron chi connectivity index (χ1n) is 4.71. The summed E-state index contributed by atoms with van der Waals surface area (Å²) in [5.74, 6) is 0.791. The van der Waals surface area contributed by atoms with Crippen LogP contribution in [0.25, 0.3) is 0 Å². The Hall–Kier alpha value is -1.96. The second kappa shape index (κ2) is 4.51. The Bertz CT molecular complexity index is 424. The molecule has 0 heterocycles. The standard InChI is InChI=1S/C13H11O2/c14-12-7-4-8-13(9-12)15-10-11-5-2-1-3-6-11/h1-3,5-9,14H,10H2. The number of hydrogen-bond donors (Lipinski definition) is 1. The summed E-state index contributed by atoms with van der Waals surface area (Å²) in [6.07, 6.45) is 0. The van der Waals surface area contributed by atoms with Gasteiger partial charge in [-0.15, -0.1) is 0 Å². The van der Waals surface area contributed by atoms with E-state index in [1.54, 1.807) is 12.1 Å². The van der Waals surface area contributed by atoms with Crippen molar-refractivity contribution < 1.29 is 9.84 Å². The van der Waals surface area contributed by atoms with Crippen LogP contribution in [-0.4, -0.2) is 5.11 Å². The highest BCUT2D eigenvalue weighted by Crippen LogP contribution is 2.18. The minimum atomic E-state index is 0.167. The van der Waals surface area contributed by atoms with Crippen LogP contribution in [0.3, 0.4) is 0 Å². The van der Waals surface area contributed by atoms with Crippen molar-refractivity contribution in [3.63, 3.8) is 0 Å². The molecule has 75 valence electrons. The van der Waals surface area contributed by atoms with E-state index in [0.29, 0.717) is 12.4 Å². The fourth-order valence-electron chi connectivity index (χ4n) is 1.26. The van der Waals surface area contributed by atoms with Gasteiger partial charge < -0.3 is 9.84 Å². The van der Waals surface area contributed by atoms with E-state index in [9.17, 15) is 5.11 Å². The molecule has 0 atom stereocenters. The molecule has 2 heteroatoms. The van der Waals surface area contributed by atoms with Crippen molar-refractivity contribution in [2.75, 3.05) is 0 Å². The molecule has 1 N–H and O–H groups in total. The van der Waals surface area contributed by atoms with E-state index in [2.05, 4.69) is 6.07 Å². The van der Waals surface area contributed by atoms with Gasteiger partial charge in [-0.3, -0.25) is 0 Å². The fourth-order valence-corrected chi connectivity index (χ4v) is 1.26. The van der Waals surface area contributed by atoms with E-state index in [1.165, 1.54) is 6.07 Å². The van der Waals surface area contributed by atoms with Crippen LogP contribution in [0.15, 0.2) is 48.5 Å². The van der Waals surface area contributed by atoms with Crippen LogP contribution < -0.4 is 4.74 Å². The third-order valence-electron chi connectivity index (χ3n) is 2.00. The maximum absolute atomic E-state index is 9.20. The molecule has 0 spiro atoms. The maximum Gasteiger partial charge on any atom is 0.124 e. The molecule has 0 saturated heterocycles. The third kappa shape index (κ3) is 2.74. The summed E-state index contributed by atoms with van der Waals surface area (Å²) in [5.41, 5.74) is 1.10. The van der Waals surface area contributed by atoms with Gasteiger partial charge in [-0.05, 0) is 23.8 Å². The molecule has 0 saturated carbocycles. The van der Waals surface area contributed by atoms with Crippen molar-refractivity contribution >= 4 is 0 Å². The topological polar surface area (TPSA) is 29.5 Å². The van der Waals surface area contributed by atoms with Crippen LogP contribution in [0.5, 0.6) is 11.5 Å². The minimum Gasteiger partial charge on any atom is -0.508 e. The average molecular weight is 199 g/mol. The molecule has 0 aliphatic rings. The summed E-state index contributed by atoms with van der Waals surface area (Å²) in [4.78, 5) is 0. The highest BCUT2D eigenvalue weighted by molar-refractivity contribution is 5.31. The van der Waals surface area contributed by atoms with Crippen molar-refractivity contribution in [1.29, 1.82) is 0 Å². The van der Waals surface area contributed by atoms with Crippen LogP contribution in [0.4, 0.5) is 0 Å². The number of phenolic OH excluding ortho intramolecular Hbond substituents is 1. The first kappa shape index (κ1) is 9.59. The van der Waals surface area contributed by atoms with Gasteiger partial charge in [-0.25, -0.2) is 0 Å². The van der Waals surface area contributed by atoms with Crippen LogP contribution in [0.2, 0.25) is 0 Å². The lowest BCUT2D eigenvalue weighted by Gasteiger charge is -2.05. The first-order valence-corrected chi connectivity index (χ1v) is 4.71. The number of ether oxygens (including phenoxy) is 1. The second-order valence-electron chi connectivity index (χ2n) is 3.20. The predicted octanol–water partition coefficient (Wildman–Crippen LogP) is 2.77. The molecule has 0 aliphatic heterocycles. The van der Waals surface area contributed by atoms with E-state index in [4.69, 9.17) is 4.74 Å². The summed E-state index contributed by atoms with van der Waals surface area (Å²) >= 11 is 0. The van der Waals surface area contributed by atoms with Gasteiger partial charge in [0.25, 0.3) is 0 Å². The Kier molecular flexibility index (Phi) is 2.88. The smallest absolute Gasteiger partial charge is 0.124 e. The van der Waals surface area contributed by atoms with Gasteiger partial charge in [0.2, 0.25) is 0 Å². The summed E-state index contributed by atoms with van der Waals surface area (Å²) in [5, 5.41) is 9.20. The van der Waals surface area contributed by atoms with Crippen molar-refractivity contribution in [3.8, 4) is 11.5 Å². The number of hydrogen-bond acceptors (Lipinski definition) is 2. The Labute approximate surface area is 88.8 Å². The molecule has 0 aromatic heterocycles. The maximum atomic E-state index is 9.20. The van der Waals surface area contributed by atoms with E-state index in [1.807, 2.05) is 30.3 Å². The number of phenols is 1. The summed E-state index contributed by atoms with van der Waals surface area (Å²) < 4.78 is 5.48. The predicted molar refractivity (Wildman–Crippen MR) is 57.7 cm³/mol. The van der Waals surface area contributed by atoms with Crippen molar-refractivity contribution in [2.45, 2.75) is 6.61 Å². The Morgan fingerprint density at radius 2 is 1.93 bits per heavy atom. The molecule has 15 heavy (non-hydrogen) atoms. The zero-order chi connectivity index (χ0) is 10.5. The van der Waals surface area contributed by atoms with E-state index in [0.717, 1.165) is 5.56 Å². The molecule has 0 bridgehead atoms. The lowest BCUT2D eigenvalue weighted by molar-refractivity contribution is 0.304. The van der Waals surface area contributed by atoms with Gasteiger partial charge in [-0.1, -0.05) is 30.3 Å². The molecular weight excluding hydrogens is 188 g/mol. The normalized spacial score (nSPS) is 9.87. The highest BCUT2D eigenvalue weighted by Gasteiger charge is 1.96. The van der Waals surface area contributed by atoms with Gasteiger partial charge in [0.05, 0.1) is 0 Å². The van der Waals surface area contributed by atoms with Gasteiger partial charge in [0, 0.05) is 6.07 Å². The van der Waals surface area contributed by atoms with Gasteiger partial charge >= 0.3 is 0 Å². The molecule has 0 aliphatic carbocycles. The molecule has 0 amide bonds. The zero-order valence-corrected chi connectivity index (χ0v) is 8.18. The van der Waals surface area contributed by atoms with Crippen molar-refractivity contribution in [2.24, 2.45) is 0 Å². The van der Waals surface area contributed by atoms with E-state index < -0.39 is 0 Å². The quantitative estimate of drug-likeness (QED) is 0.823. The Morgan fingerprint density at radius 1 is 1.13 bits per heavy atom. The Balaban J connectivity index is 1.99. The lowest BCUT2D eigenvalue weighted by atomic mass is 10.2. The zero-order valence-electron chi connectivity index (χ0n) is 8.18.